The van der Waals surface area contributed by atoms with Gasteiger partial charge >= 0.3 is 0 Å². The molecule has 0 atom stereocenters. The Morgan fingerprint density at radius 3 is 1.40 bits per heavy atom. The van der Waals surface area contributed by atoms with E-state index in [2.05, 4.69) is 0 Å². The third-order valence-electron chi connectivity index (χ3n) is 3.82. The van der Waals surface area contributed by atoms with E-state index >= 15 is 0 Å². The van der Waals surface area contributed by atoms with Gasteiger partial charge in [0.25, 0.3) is 0 Å². The van der Waals surface area contributed by atoms with Crippen molar-refractivity contribution in [2.45, 2.75) is 13.8 Å². The molecule has 0 bridgehead atoms. The van der Waals surface area contributed by atoms with Crippen molar-refractivity contribution in [3.63, 3.8) is 0 Å². The minimum atomic E-state index is 0.0225. The summed E-state index contributed by atoms with van der Waals surface area (Å²) in [6, 6.07) is 19.2. The van der Waals surface area contributed by atoms with Crippen LogP contribution in [-0.4, -0.2) is 36.4 Å². The molecule has 2 aromatic rings. The van der Waals surface area contributed by atoms with Crippen LogP contribution >= 0.6 is 11.8 Å². The van der Waals surface area contributed by atoms with Crippen LogP contribution in [0.5, 0.6) is 0 Å². The van der Waals surface area contributed by atoms with Gasteiger partial charge in [-0.3, -0.25) is 9.59 Å². The smallest absolute Gasteiger partial charge is 0.236 e. The Kier molecular flexibility index (Phi) is 7.54. The van der Waals surface area contributed by atoms with Gasteiger partial charge in [0.05, 0.1) is 11.5 Å². The predicted octanol–water partition coefficient (Wildman–Crippen LogP) is 3.83. The number of anilines is 2. The highest BCUT2D eigenvalue weighted by Crippen LogP contribution is 2.17. The normalized spacial score (nSPS) is 10.3. The number of amides is 2. The Labute approximate surface area is 153 Å². The van der Waals surface area contributed by atoms with Crippen LogP contribution in [0.25, 0.3) is 0 Å². The molecule has 0 saturated carbocycles. The Bertz CT molecular complexity index is 617. The lowest BCUT2D eigenvalue weighted by Crippen LogP contribution is -2.34. The van der Waals surface area contributed by atoms with Crippen molar-refractivity contribution >= 4 is 35.0 Å². The summed E-state index contributed by atoms with van der Waals surface area (Å²) in [4.78, 5) is 28.4. The van der Waals surface area contributed by atoms with E-state index < -0.39 is 0 Å². The summed E-state index contributed by atoms with van der Waals surface area (Å²) in [5, 5.41) is 0. The van der Waals surface area contributed by atoms with Crippen LogP contribution < -0.4 is 9.80 Å². The van der Waals surface area contributed by atoms with Crippen molar-refractivity contribution in [1.82, 2.24) is 0 Å². The lowest BCUT2D eigenvalue weighted by molar-refractivity contribution is -0.116. The molecule has 0 radical (unpaired) electrons. The lowest BCUT2D eigenvalue weighted by Gasteiger charge is -2.22. The average Bonchev–Trinajstić information content (AvgIpc) is 2.65. The van der Waals surface area contributed by atoms with Gasteiger partial charge in [-0.1, -0.05) is 36.4 Å². The molecule has 0 aliphatic carbocycles. The highest BCUT2D eigenvalue weighted by molar-refractivity contribution is 8.00. The van der Waals surface area contributed by atoms with Crippen LogP contribution in [0.3, 0.4) is 0 Å². The first-order valence-corrected chi connectivity index (χ1v) is 9.61. The van der Waals surface area contributed by atoms with Crippen LogP contribution in [0.4, 0.5) is 11.4 Å². The molecule has 0 heterocycles. The highest BCUT2D eigenvalue weighted by atomic mass is 32.2. The van der Waals surface area contributed by atoms with Crippen LogP contribution in [0, 0.1) is 0 Å². The first-order valence-electron chi connectivity index (χ1n) is 8.46. The fourth-order valence-electron chi connectivity index (χ4n) is 2.60. The number of thioether (sulfide) groups is 1. The lowest BCUT2D eigenvalue weighted by atomic mass is 10.3. The Morgan fingerprint density at radius 1 is 0.720 bits per heavy atom. The van der Waals surface area contributed by atoms with E-state index in [0.29, 0.717) is 24.6 Å². The molecule has 0 spiro atoms. The van der Waals surface area contributed by atoms with Crippen molar-refractivity contribution in [2.75, 3.05) is 34.4 Å². The molecule has 132 valence electrons. The summed E-state index contributed by atoms with van der Waals surface area (Å²) in [5.74, 6) is 0.630. The topological polar surface area (TPSA) is 40.6 Å². The maximum Gasteiger partial charge on any atom is 0.236 e. The number of hydrogen-bond donors (Lipinski definition) is 0. The predicted molar refractivity (Wildman–Crippen MR) is 106 cm³/mol. The molecule has 0 unspecified atom stereocenters. The van der Waals surface area contributed by atoms with Crippen LogP contribution in [-0.2, 0) is 9.59 Å². The van der Waals surface area contributed by atoms with Gasteiger partial charge in [0, 0.05) is 24.5 Å². The molecule has 0 aromatic heterocycles. The molecule has 5 heteroatoms. The van der Waals surface area contributed by atoms with Gasteiger partial charge in [0.15, 0.2) is 0 Å². The van der Waals surface area contributed by atoms with Crippen molar-refractivity contribution in [3.05, 3.63) is 60.7 Å². The zero-order valence-corrected chi connectivity index (χ0v) is 15.5. The number of benzene rings is 2. The fraction of sp³-hybridized carbons (Fsp3) is 0.300. The highest BCUT2D eigenvalue weighted by Gasteiger charge is 2.17. The molecule has 0 fully saturated rings. The second kappa shape index (κ2) is 9.89. The summed E-state index contributed by atoms with van der Waals surface area (Å²) >= 11 is 1.36. The average molecular weight is 356 g/mol. The summed E-state index contributed by atoms with van der Waals surface area (Å²) in [6.07, 6.45) is 0. The third-order valence-corrected chi connectivity index (χ3v) is 4.72. The van der Waals surface area contributed by atoms with E-state index in [9.17, 15) is 9.59 Å². The van der Waals surface area contributed by atoms with E-state index in [-0.39, 0.29) is 11.8 Å². The molecular formula is C20H24N2O2S. The van der Waals surface area contributed by atoms with E-state index in [1.165, 1.54) is 11.8 Å². The summed E-state index contributed by atoms with van der Waals surface area (Å²) < 4.78 is 0. The van der Waals surface area contributed by atoms with Gasteiger partial charge in [-0.05, 0) is 38.1 Å². The largest absolute Gasteiger partial charge is 0.312 e. The number of rotatable bonds is 8. The summed E-state index contributed by atoms with van der Waals surface area (Å²) in [5.41, 5.74) is 1.78. The van der Waals surface area contributed by atoms with Crippen LogP contribution in [0.1, 0.15) is 13.8 Å². The minimum Gasteiger partial charge on any atom is -0.312 e. The minimum absolute atomic E-state index is 0.0225. The van der Waals surface area contributed by atoms with E-state index in [0.717, 1.165) is 11.4 Å². The molecule has 25 heavy (non-hydrogen) atoms. The van der Waals surface area contributed by atoms with Crippen LogP contribution in [0.15, 0.2) is 60.7 Å². The number of hydrogen-bond acceptors (Lipinski definition) is 3. The summed E-state index contributed by atoms with van der Waals surface area (Å²) in [7, 11) is 0. The Morgan fingerprint density at radius 2 is 1.08 bits per heavy atom. The maximum atomic E-state index is 12.4. The molecule has 2 aromatic carbocycles. The molecule has 2 amide bonds. The van der Waals surface area contributed by atoms with Gasteiger partial charge in [-0.15, -0.1) is 11.8 Å². The number of carbonyl (C=O) groups is 2. The number of para-hydroxylation sites is 2. The first-order chi connectivity index (χ1) is 12.2. The molecule has 0 saturated heterocycles. The van der Waals surface area contributed by atoms with Crippen molar-refractivity contribution in [1.29, 1.82) is 0 Å². The second-order valence-electron chi connectivity index (χ2n) is 5.44. The van der Waals surface area contributed by atoms with E-state index in [4.69, 9.17) is 0 Å². The van der Waals surface area contributed by atoms with Crippen LogP contribution in [0.2, 0.25) is 0 Å². The van der Waals surface area contributed by atoms with Gasteiger partial charge in [-0.2, -0.15) is 0 Å². The van der Waals surface area contributed by atoms with Crippen molar-refractivity contribution in [3.8, 4) is 0 Å². The van der Waals surface area contributed by atoms with E-state index in [1.54, 1.807) is 9.80 Å². The zero-order chi connectivity index (χ0) is 18.1. The molecule has 0 N–H and O–H groups in total. The second-order valence-corrected chi connectivity index (χ2v) is 6.43. The van der Waals surface area contributed by atoms with Gasteiger partial charge in [0.1, 0.15) is 0 Å². The molecule has 0 aliphatic heterocycles. The van der Waals surface area contributed by atoms with Gasteiger partial charge in [-0.25, -0.2) is 0 Å². The molecule has 4 nitrogen and oxygen atoms in total. The first kappa shape index (κ1) is 19.1. The standard InChI is InChI=1S/C20H24N2O2S/c1-3-21(17-11-7-5-8-12-17)19(23)15-25-16-20(24)22(4-2)18-13-9-6-10-14-18/h5-14H,3-4,15-16H2,1-2H3. The monoisotopic (exact) mass is 356 g/mol. The number of nitrogens with zero attached hydrogens (tertiary/aromatic N) is 2. The SMILES string of the molecule is CCN(C(=O)CSCC(=O)N(CC)c1ccccc1)c1ccccc1. The molecule has 0 aliphatic rings. The Hall–Kier alpha value is -2.27. The molecule has 2 rings (SSSR count). The maximum absolute atomic E-state index is 12.4. The Balaban J connectivity index is 1.88. The van der Waals surface area contributed by atoms with E-state index in [1.807, 2.05) is 74.5 Å². The fourth-order valence-corrected chi connectivity index (χ4v) is 3.37. The third kappa shape index (κ3) is 5.36. The van der Waals surface area contributed by atoms with Gasteiger partial charge in [0.2, 0.25) is 11.8 Å². The summed E-state index contributed by atoms with van der Waals surface area (Å²) in [6.45, 7) is 5.13. The quantitative estimate of drug-likeness (QED) is 0.722. The number of carbonyl (C=O) groups excluding carboxylic acids is 2. The zero-order valence-electron chi connectivity index (χ0n) is 14.7. The molecular weight excluding hydrogens is 332 g/mol. The van der Waals surface area contributed by atoms with Gasteiger partial charge < -0.3 is 9.80 Å². The van der Waals surface area contributed by atoms with Crippen molar-refractivity contribution in [2.24, 2.45) is 0 Å². The van der Waals surface area contributed by atoms with Crippen molar-refractivity contribution < 1.29 is 9.59 Å².